The van der Waals surface area contributed by atoms with Gasteiger partial charge in [0.2, 0.25) is 23.6 Å². The van der Waals surface area contributed by atoms with Crippen LogP contribution in [0.25, 0.3) is 102 Å². The molecule has 1 aliphatic carbocycles. The third-order valence-corrected chi connectivity index (χ3v) is 20.0. The summed E-state index contributed by atoms with van der Waals surface area (Å²) in [7, 11) is 0. The third kappa shape index (κ3) is 17.8. The summed E-state index contributed by atoms with van der Waals surface area (Å²) in [5.74, 6) is -1.00. The first-order chi connectivity index (χ1) is 49.7. The summed E-state index contributed by atoms with van der Waals surface area (Å²) in [4.78, 5) is 70.8. The van der Waals surface area contributed by atoms with Crippen LogP contribution < -0.4 is 21.3 Å². The average Bonchev–Trinajstić information content (AvgIpc) is 1.57. The van der Waals surface area contributed by atoms with Crippen molar-refractivity contribution >= 4 is 81.4 Å². The molecule has 516 valence electrons. The van der Waals surface area contributed by atoms with Crippen LogP contribution in [0.5, 0.6) is 0 Å². The van der Waals surface area contributed by atoms with Gasteiger partial charge in [0, 0.05) is 99.2 Å². The summed E-state index contributed by atoms with van der Waals surface area (Å²) in [6.45, 7) is 5.61. The summed E-state index contributed by atoms with van der Waals surface area (Å²) in [6.07, 6.45) is 34.0. The van der Waals surface area contributed by atoms with E-state index in [-0.39, 0.29) is 41.9 Å². The van der Waals surface area contributed by atoms with Crippen LogP contribution in [0.3, 0.4) is 0 Å². The number of aromatic amines is 2. The molecule has 2 aliphatic heterocycles. The van der Waals surface area contributed by atoms with Gasteiger partial charge in [-0.15, -0.1) is 0 Å². The second kappa shape index (κ2) is 35.0. The van der Waals surface area contributed by atoms with Crippen molar-refractivity contribution < 1.29 is 19.2 Å². The Morgan fingerprint density at radius 3 is 1.26 bits per heavy atom. The lowest BCUT2D eigenvalue weighted by atomic mass is 9.70. The summed E-state index contributed by atoms with van der Waals surface area (Å²) < 4.78 is 0. The van der Waals surface area contributed by atoms with E-state index < -0.39 is 0 Å². The maximum absolute atomic E-state index is 13.3. The van der Waals surface area contributed by atoms with Crippen molar-refractivity contribution in [1.82, 2.24) is 30.6 Å². The SMILES string of the molecule is CCCCCCCCC1(CCCCCCCC)c2ccccc2-c2ccc(NC(=O)/C=C/C(=O)NCCCCCCCCNC(=O)CCC(=O)Nc3ccc(-c4c5nc(c(-c6ccccc6)c6ccc([nH]6)c(-c6ccccc6)c6nc(c(-c7ccccc7)c7ccc4[nH]7)C=C6)C=C5)cc3)cc21. The fourth-order valence-electron chi connectivity index (χ4n) is 14.9. The van der Waals surface area contributed by atoms with Gasteiger partial charge in [-0.2, -0.15) is 0 Å². The lowest BCUT2D eigenvalue weighted by molar-refractivity contribution is -0.124. The van der Waals surface area contributed by atoms with E-state index in [1.54, 1.807) is 0 Å². The van der Waals surface area contributed by atoms with Crippen molar-refractivity contribution in [2.45, 2.75) is 161 Å². The molecule has 8 bridgehead atoms. The third-order valence-electron chi connectivity index (χ3n) is 20.0. The number of hydrogen-bond acceptors (Lipinski definition) is 6. The lowest BCUT2D eigenvalue weighted by Gasteiger charge is -2.33. The van der Waals surface area contributed by atoms with Crippen LogP contribution in [0.1, 0.15) is 189 Å². The second-order valence-electron chi connectivity index (χ2n) is 27.2. The Bertz CT molecular complexity index is 4550. The molecule has 6 N–H and O–H groups in total. The predicted octanol–water partition coefficient (Wildman–Crippen LogP) is 21.6. The Morgan fingerprint density at radius 1 is 0.366 bits per heavy atom. The van der Waals surface area contributed by atoms with Crippen LogP contribution >= 0.6 is 0 Å². The van der Waals surface area contributed by atoms with Gasteiger partial charge in [0.15, 0.2) is 0 Å². The van der Waals surface area contributed by atoms with E-state index >= 15 is 0 Å². The van der Waals surface area contributed by atoms with E-state index in [0.29, 0.717) is 18.8 Å². The Morgan fingerprint density at radius 2 is 0.762 bits per heavy atom. The van der Waals surface area contributed by atoms with Crippen LogP contribution in [0.2, 0.25) is 0 Å². The number of nitrogens with zero attached hydrogens (tertiary/aromatic N) is 2. The molecule has 3 aromatic heterocycles. The number of aromatic nitrogens is 4. The molecule has 12 rings (SSSR count). The number of carbonyl (C=O) groups excluding carboxylic acids is 4. The predicted molar refractivity (Wildman–Crippen MR) is 419 cm³/mol. The van der Waals surface area contributed by atoms with E-state index in [1.165, 1.54) is 111 Å². The summed E-state index contributed by atoms with van der Waals surface area (Å²) in [6, 6.07) is 62.7. The molecule has 101 heavy (non-hydrogen) atoms. The number of unbranched alkanes of at least 4 members (excludes halogenated alkanes) is 15. The molecular weight excluding hydrogens is 1250 g/mol. The minimum atomic E-state index is -0.321. The second-order valence-corrected chi connectivity index (χ2v) is 27.2. The van der Waals surface area contributed by atoms with Gasteiger partial charge < -0.3 is 31.2 Å². The van der Waals surface area contributed by atoms with Gasteiger partial charge in [-0.3, -0.25) is 19.2 Å². The first-order valence-electron chi connectivity index (χ1n) is 37.2. The van der Waals surface area contributed by atoms with Gasteiger partial charge in [0.05, 0.1) is 22.8 Å². The molecule has 12 heteroatoms. The van der Waals surface area contributed by atoms with Crippen LogP contribution in [0, 0.1) is 0 Å². The molecule has 6 aromatic carbocycles. The van der Waals surface area contributed by atoms with E-state index in [1.807, 2.05) is 72.8 Å². The molecule has 0 radical (unpaired) electrons. The highest BCUT2D eigenvalue weighted by Gasteiger charge is 2.42. The van der Waals surface area contributed by atoms with E-state index in [4.69, 9.17) is 9.97 Å². The largest absolute Gasteiger partial charge is 0.356 e. The molecule has 0 fully saturated rings. The summed E-state index contributed by atoms with van der Waals surface area (Å²) in [5, 5.41) is 12.0. The fraction of sp³-hybridized carbons (Fsp3) is 0.303. The number of amides is 4. The highest BCUT2D eigenvalue weighted by atomic mass is 16.2. The Labute approximate surface area is 595 Å². The zero-order valence-electron chi connectivity index (χ0n) is 58.8. The van der Waals surface area contributed by atoms with E-state index in [0.717, 1.165) is 146 Å². The highest BCUT2D eigenvalue weighted by molar-refractivity contribution is 6.04. The quantitative estimate of drug-likeness (QED) is 0.0173. The van der Waals surface area contributed by atoms with Crippen molar-refractivity contribution in [2.24, 2.45) is 0 Å². The molecule has 9 aromatic rings. The monoisotopic (exact) mass is 1340 g/mol. The average molecular weight is 1340 g/mol. The number of carbonyl (C=O) groups is 4. The van der Waals surface area contributed by atoms with Gasteiger partial charge in [0.25, 0.3) is 0 Å². The fourth-order valence-corrected chi connectivity index (χ4v) is 14.9. The molecular formula is C89H96N8O4. The van der Waals surface area contributed by atoms with Gasteiger partial charge in [-0.05, 0) is 143 Å². The van der Waals surface area contributed by atoms with Crippen LogP contribution in [-0.4, -0.2) is 56.7 Å². The van der Waals surface area contributed by atoms with E-state index in [9.17, 15) is 19.2 Å². The van der Waals surface area contributed by atoms with Crippen molar-refractivity contribution in [2.75, 3.05) is 23.7 Å². The summed E-state index contributed by atoms with van der Waals surface area (Å²) in [5.41, 5.74) is 21.4. The maximum atomic E-state index is 13.3. The molecule has 0 spiro atoms. The molecule has 4 amide bonds. The van der Waals surface area contributed by atoms with Crippen molar-refractivity contribution in [1.29, 1.82) is 0 Å². The number of fused-ring (bicyclic) bond motifs is 11. The van der Waals surface area contributed by atoms with Crippen molar-refractivity contribution in [3.8, 4) is 55.6 Å². The molecule has 0 unspecified atom stereocenters. The Hall–Kier alpha value is -10.5. The molecule has 3 aliphatic rings. The lowest BCUT2D eigenvalue weighted by Crippen LogP contribution is -2.26. The van der Waals surface area contributed by atoms with Gasteiger partial charge in [-0.25, -0.2) is 9.97 Å². The molecule has 0 atom stereocenters. The first kappa shape index (κ1) is 70.4. The number of H-pyrrole nitrogens is 2. The number of anilines is 2. The van der Waals surface area contributed by atoms with Crippen molar-refractivity contribution in [3.63, 3.8) is 0 Å². The van der Waals surface area contributed by atoms with Gasteiger partial charge in [0.1, 0.15) is 0 Å². The summed E-state index contributed by atoms with van der Waals surface area (Å²) >= 11 is 0. The normalized spacial score (nSPS) is 12.5. The van der Waals surface area contributed by atoms with Gasteiger partial charge in [-0.1, -0.05) is 250 Å². The zero-order valence-corrected chi connectivity index (χ0v) is 58.8. The number of benzene rings is 6. The molecule has 0 saturated heterocycles. The number of rotatable bonds is 34. The highest BCUT2D eigenvalue weighted by Crippen LogP contribution is 2.55. The molecule has 5 heterocycles. The maximum Gasteiger partial charge on any atom is 0.248 e. The minimum Gasteiger partial charge on any atom is -0.356 e. The zero-order chi connectivity index (χ0) is 69.6. The minimum absolute atomic E-state index is 0.0502. The molecule has 12 nitrogen and oxygen atoms in total. The topological polar surface area (TPSA) is 174 Å². The van der Waals surface area contributed by atoms with Crippen LogP contribution in [0.15, 0.2) is 194 Å². The smallest absolute Gasteiger partial charge is 0.248 e. The number of nitrogens with one attached hydrogen (secondary N) is 6. The van der Waals surface area contributed by atoms with Crippen molar-refractivity contribution in [3.05, 3.63) is 228 Å². The number of hydrogen-bond donors (Lipinski definition) is 6. The van der Waals surface area contributed by atoms with Gasteiger partial charge >= 0.3 is 0 Å². The van der Waals surface area contributed by atoms with Crippen LogP contribution in [0.4, 0.5) is 11.4 Å². The van der Waals surface area contributed by atoms with E-state index in [2.05, 4.69) is 179 Å². The van der Waals surface area contributed by atoms with Crippen LogP contribution in [-0.2, 0) is 24.6 Å². The standard InChI is InChI=1S/C89H96N8O4/c1-3-5-7-9-13-28-58-89(59-29-14-10-8-6-4-2)71-39-27-26-38-69(71)70-45-44-68(62-72(70)89)93-84(101)57-55-82(99)91-61-31-16-12-11-15-30-60-90-81(98)54-56-83(100)92-67-42-40-66(41-43-67)88-79-52-50-77(96-79)86(64-34-22-18-23-35-64)75-48-46-73(94-75)85(63-32-20-17-21-33-63)74-47-49-76(95-74)87(65-36-24-19-25-37-65)78-51-53-80(88)97-78/h17-27,32-53,55,57,62,94,97H,3-16,28-31,54,56,58-61H2,1-2H3,(H,90,98)(H,91,99)(H,92,100)(H,93,101)/b57-55+,85-73?,85-74?,86-75?,86-77?,87-76?,87-78?,88-79?,88-80?. The first-order valence-corrected chi connectivity index (χ1v) is 37.2. The molecule has 0 saturated carbocycles. The Kier molecular flexibility index (Phi) is 24.4. The Balaban J connectivity index is 0.608.